The molecule has 0 saturated carbocycles. The molecule has 2 amide bonds. The van der Waals surface area contributed by atoms with Gasteiger partial charge in [-0.05, 0) is 41.3 Å². The van der Waals surface area contributed by atoms with Gasteiger partial charge in [0.15, 0.2) is 0 Å². The average Bonchev–Trinajstić information content (AvgIpc) is 2.79. The van der Waals surface area contributed by atoms with Crippen molar-refractivity contribution < 1.29 is 14.3 Å². The molecule has 0 aromatic heterocycles. The number of amides is 2. The van der Waals surface area contributed by atoms with Crippen LogP contribution in [0, 0.1) is 0 Å². The summed E-state index contributed by atoms with van der Waals surface area (Å²) in [6.07, 6.45) is 0.151. The highest BCUT2D eigenvalue weighted by Gasteiger charge is 2.19. The van der Waals surface area contributed by atoms with E-state index >= 15 is 0 Å². The van der Waals surface area contributed by atoms with Gasteiger partial charge in [0, 0.05) is 6.92 Å². The Hall–Kier alpha value is -3.60. The predicted octanol–water partition coefficient (Wildman–Crippen LogP) is 4.81. The van der Waals surface area contributed by atoms with E-state index < -0.39 is 6.04 Å². The summed E-state index contributed by atoms with van der Waals surface area (Å²) in [5.74, 6) is 0.412. The molecule has 160 valence electrons. The van der Waals surface area contributed by atoms with Gasteiger partial charge in [-0.3, -0.25) is 9.59 Å². The van der Waals surface area contributed by atoms with Crippen LogP contribution in [0.4, 0.5) is 0 Å². The van der Waals surface area contributed by atoms with Crippen LogP contribution in [0.25, 0.3) is 11.1 Å². The Balaban J connectivity index is 1.64. The van der Waals surface area contributed by atoms with Crippen LogP contribution < -0.4 is 15.4 Å². The lowest BCUT2D eigenvalue weighted by Gasteiger charge is -2.20. The summed E-state index contributed by atoms with van der Waals surface area (Å²) in [7, 11) is 1.60. The fraction of sp³-hybridized carbons (Fsp3) is 0.231. The minimum absolute atomic E-state index is 0.130. The summed E-state index contributed by atoms with van der Waals surface area (Å²) in [6.45, 7) is 3.40. The van der Waals surface area contributed by atoms with Crippen LogP contribution in [0.15, 0.2) is 78.9 Å². The van der Waals surface area contributed by atoms with Crippen molar-refractivity contribution in [3.63, 3.8) is 0 Å². The molecule has 0 aliphatic rings. The molecular weight excluding hydrogens is 388 g/mol. The lowest BCUT2D eigenvalue weighted by molar-refractivity contribution is -0.123. The zero-order valence-electron chi connectivity index (χ0n) is 18.1. The van der Waals surface area contributed by atoms with E-state index in [1.54, 1.807) is 7.11 Å². The van der Waals surface area contributed by atoms with Crippen molar-refractivity contribution in [1.82, 2.24) is 10.6 Å². The van der Waals surface area contributed by atoms with Crippen LogP contribution in [0.2, 0.25) is 0 Å². The molecule has 0 radical (unpaired) electrons. The van der Waals surface area contributed by atoms with E-state index in [0.29, 0.717) is 0 Å². The van der Waals surface area contributed by atoms with Gasteiger partial charge in [0.25, 0.3) is 0 Å². The van der Waals surface area contributed by atoms with Crippen LogP contribution in [0.1, 0.15) is 43.5 Å². The van der Waals surface area contributed by atoms with E-state index in [1.165, 1.54) is 6.92 Å². The molecule has 0 saturated heterocycles. The molecule has 31 heavy (non-hydrogen) atoms. The van der Waals surface area contributed by atoms with Crippen molar-refractivity contribution in [2.24, 2.45) is 0 Å². The third kappa shape index (κ3) is 6.19. The summed E-state index contributed by atoms with van der Waals surface area (Å²) in [6, 6.07) is 25.1. The largest absolute Gasteiger partial charge is 0.497 e. The number of benzene rings is 3. The highest BCUT2D eigenvalue weighted by atomic mass is 16.5. The Bertz CT molecular complexity index is 999. The quantitative estimate of drug-likeness (QED) is 0.554. The zero-order valence-corrected chi connectivity index (χ0v) is 18.1. The smallest absolute Gasteiger partial charge is 0.222 e. The maximum atomic E-state index is 12.7. The molecule has 0 aliphatic carbocycles. The molecule has 0 heterocycles. The fourth-order valence-electron chi connectivity index (χ4n) is 3.50. The molecule has 2 atom stereocenters. The Morgan fingerprint density at radius 3 is 1.97 bits per heavy atom. The first-order valence-corrected chi connectivity index (χ1v) is 10.3. The lowest BCUT2D eigenvalue weighted by atomic mass is 10.0. The number of nitrogens with one attached hydrogen (secondary N) is 2. The number of carbonyl (C=O) groups excluding carboxylic acids is 2. The average molecular weight is 417 g/mol. The van der Waals surface area contributed by atoms with Crippen molar-refractivity contribution in [2.75, 3.05) is 7.11 Å². The van der Waals surface area contributed by atoms with Gasteiger partial charge in [-0.1, -0.05) is 66.7 Å². The van der Waals surface area contributed by atoms with Gasteiger partial charge in [-0.2, -0.15) is 0 Å². The van der Waals surface area contributed by atoms with Gasteiger partial charge in [-0.25, -0.2) is 0 Å². The lowest BCUT2D eigenvalue weighted by Crippen LogP contribution is -2.33. The van der Waals surface area contributed by atoms with Crippen molar-refractivity contribution >= 4 is 11.8 Å². The van der Waals surface area contributed by atoms with Crippen molar-refractivity contribution in [3.8, 4) is 16.9 Å². The number of hydrogen-bond acceptors (Lipinski definition) is 3. The molecule has 0 spiro atoms. The van der Waals surface area contributed by atoms with E-state index in [2.05, 4.69) is 34.9 Å². The zero-order chi connectivity index (χ0) is 22.2. The van der Waals surface area contributed by atoms with Crippen LogP contribution in [0.5, 0.6) is 5.75 Å². The van der Waals surface area contributed by atoms with Crippen LogP contribution in [-0.2, 0) is 9.59 Å². The number of methoxy groups -OCH3 is 1. The maximum Gasteiger partial charge on any atom is 0.222 e. The first-order valence-electron chi connectivity index (χ1n) is 10.3. The van der Waals surface area contributed by atoms with Crippen molar-refractivity contribution in [2.45, 2.75) is 32.4 Å². The van der Waals surface area contributed by atoms with Gasteiger partial charge in [0.05, 0.1) is 25.6 Å². The molecule has 5 nitrogen and oxygen atoms in total. The summed E-state index contributed by atoms with van der Waals surface area (Å²) in [5.41, 5.74) is 4.16. The Kier molecular flexibility index (Phi) is 7.44. The Morgan fingerprint density at radius 1 is 0.806 bits per heavy atom. The first kappa shape index (κ1) is 22.1. The van der Waals surface area contributed by atoms with E-state index in [9.17, 15) is 9.59 Å². The SMILES string of the molecule is COc1ccc([C@H](CC(=O)N[C@H](C)c2ccc(-c3ccccc3)cc2)NC(C)=O)cc1. The molecular formula is C26H28N2O3. The van der Waals surface area contributed by atoms with Gasteiger partial charge >= 0.3 is 0 Å². The third-order valence-electron chi connectivity index (χ3n) is 5.18. The highest BCUT2D eigenvalue weighted by molar-refractivity contribution is 5.79. The Morgan fingerprint density at radius 2 is 1.39 bits per heavy atom. The second-order valence-corrected chi connectivity index (χ2v) is 7.51. The van der Waals surface area contributed by atoms with E-state index in [-0.39, 0.29) is 24.3 Å². The topological polar surface area (TPSA) is 67.4 Å². The second kappa shape index (κ2) is 10.4. The summed E-state index contributed by atoms with van der Waals surface area (Å²) >= 11 is 0. The number of carbonyl (C=O) groups is 2. The van der Waals surface area contributed by atoms with Gasteiger partial charge in [-0.15, -0.1) is 0 Å². The van der Waals surface area contributed by atoms with Gasteiger partial charge in [0.2, 0.25) is 11.8 Å². The van der Waals surface area contributed by atoms with Crippen molar-refractivity contribution in [3.05, 3.63) is 90.0 Å². The first-order chi connectivity index (χ1) is 15.0. The van der Waals surface area contributed by atoms with Crippen molar-refractivity contribution in [1.29, 1.82) is 0 Å². The highest BCUT2D eigenvalue weighted by Crippen LogP contribution is 2.23. The van der Waals surface area contributed by atoms with E-state index in [4.69, 9.17) is 4.74 Å². The molecule has 0 aliphatic heterocycles. The van der Waals surface area contributed by atoms with Crippen LogP contribution in [0.3, 0.4) is 0 Å². The standard InChI is InChI=1S/C26H28N2O3/c1-18(20-9-11-22(12-10-20)21-7-5-4-6-8-21)27-26(30)17-25(28-19(2)29)23-13-15-24(31-3)16-14-23/h4-16,18,25H,17H2,1-3H3,(H,27,30)(H,28,29)/t18-,25+/m1/s1. The molecule has 3 rings (SSSR count). The monoisotopic (exact) mass is 416 g/mol. The third-order valence-corrected chi connectivity index (χ3v) is 5.18. The second-order valence-electron chi connectivity index (χ2n) is 7.51. The van der Waals surface area contributed by atoms with E-state index in [0.717, 1.165) is 28.0 Å². The molecule has 2 N–H and O–H groups in total. The van der Waals surface area contributed by atoms with Gasteiger partial charge < -0.3 is 15.4 Å². The number of rotatable bonds is 8. The Labute approximate surface area is 183 Å². The number of hydrogen-bond donors (Lipinski definition) is 2. The molecule has 3 aromatic carbocycles. The van der Waals surface area contributed by atoms with Gasteiger partial charge in [0.1, 0.15) is 5.75 Å². The molecule has 3 aromatic rings. The summed E-state index contributed by atoms with van der Waals surface area (Å²) in [4.78, 5) is 24.4. The fourth-order valence-corrected chi connectivity index (χ4v) is 3.50. The van der Waals surface area contributed by atoms with Crippen LogP contribution >= 0.6 is 0 Å². The maximum absolute atomic E-state index is 12.7. The molecule has 5 heteroatoms. The van der Waals surface area contributed by atoms with E-state index in [1.807, 2.05) is 61.5 Å². The molecule has 0 fully saturated rings. The normalized spacial score (nSPS) is 12.5. The molecule has 0 unspecified atom stereocenters. The predicted molar refractivity (Wildman–Crippen MR) is 123 cm³/mol. The number of ether oxygens (including phenoxy) is 1. The van der Waals surface area contributed by atoms with Crippen LogP contribution in [-0.4, -0.2) is 18.9 Å². The molecule has 0 bridgehead atoms. The summed E-state index contributed by atoms with van der Waals surface area (Å²) < 4.78 is 5.18. The minimum atomic E-state index is -0.406. The summed E-state index contributed by atoms with van der Waals surface area (Å²) in [5, 5.41) is 5.90. The minimum Gasteiger partial charge on any atom is -0.497 e.